The van der Waals surface area contributed by atoms with Crippen molar-refractivity contribution in [2.75, 3.05) is 35.5 Å². The van der Waals surface area contributed by atoms with Gasteiger partial charge in [0, 0.05) is 16.7 Å². The molecule has 228 valence electrons. The largest absolute Gasteiger partial charge is 0.497 e. The summed E-state index contributed by atoms with van der Waals surface area (Å²) in [6, 6.07) is 17.3. The Kier molecular flexibility index (Phi) is 8.54. The molecule has 2 aromatic heterocycles. The maximum atomic E-state index is 14.2. The van der Waals surface area contributed by atoms with E-state index in [-0.39, 0.29) is 28.1 Å². The molecule has 0 aliphatic rings. The lowest BCUT2D eigenvalue weighted by atomic mass is 10.1. The minimum atomic E-state index is -4.79. The van der Waals surface area contributed by atoms with Crippen LogP contribution >= 0.6 is 11.6 Å². The van der Waals surface area contributed by atoms with Gasteiger partial charge in [0.05, 0.1) is 52.0 Å². The molecule has 0 bridgehead atoms. The highest BCUT2D eigenvalue weighted by Gasteiger charge is 2.35. The fraction of sp³-hybridized carbons (Fsp3) is 0.194. The lowest BCUT2D eigenvalue weighted by Crippen LogP contribution is -2.14. The van der Waals surface area contributed by atoms with Crippen molar-refractivity contribution in [2.24, 2.45) is 0 Å². The van der Waals surface area contributed by atoms with Gasteiger partial charge in [0.1, 0.15) is 11.4 Å². The first-order chi connectivity index (χ1) is 21.1. The lowest BCUT2D eigenvalue weighted by Gasteiger charge is -2.14. The Morgan fingerprint density at radius 3 is 1.73 bits per heavy atom. The minimum absolute atomic E-state index is 0.0162. The third kappa shape index (κ3) is 5.80. The fourth-order valence-corrected chi connectivity index (χ4v) is 4.86. The van der Waals surface area contributed by atoms with Crippen LogP contribution in [0, 0.1) is 0 Å². The van der Waals surface area contributed by atoms with Gasteiger partial charge in [0.15, 0.2) is 28.7 Å². The Morgan fingerprint density at radius 2 is 1.18 bits per heavy atom. The summed E-state index contributed by atoms with van der Waals surface area (Å²) in [5.41, 5.74) is 0.690. The van der Waals surface area contributed by atoms with E-state index in [1.807, 2.05) is 0 Å². The van der Waals surface area contributed by atoms with Gasteiger partial charge in [-0.15, -0.1) is 0 Å². The Labute approximate surface area is 255 Å². The summed E-state index contributed by atoms with van der Waals surface area (Å²) in [6.45, 7) is 0. The van der Waals surface area contributed by atoms with Gasteiger partial charge in [-0.05, 0) is 66.7 Å². The standard InChI is InChI=1S/C31H26ClF3N4O5/c1-40-20-10-6-17(7-11-20)21-16-26(31(33,34)35)37-30(36-21)39-29(19-9-13-23(42-3)25(15-19)44-5)27(32)28(38-39)18-8-12-22(41-2)24(14-18)43-4/h6-16H,1-5H3. The highest BCUT2D eigenvalue weighted by Crippen LogP contribution is 2.43. The van der Waals surface area contributed by atoms with Crippen molar-refractivity contribution in [2.45, 2.75) is 6.18 Å². The molecule has 9 nitrogen and oxygen atoms in total. The highest BCUT2D eigenvalue weighted by molar-refractivity contribution is 6.35. The molecule has 0 aliphatic carbocycles. The number of aromatic nitrogens is 4. The molecule has 0 saturated carbocycles. The molecular weight excluding hydrogens is 601 g/mol. The van der Waals surface area contributed by atoms with E-state index in [9.17, 15) is 13.2 Å². The molecule has 0 amide bonds. The molecule has 0 unspecified atom stereocenters. The van der Waals surface area contributed by atoms with Crippen LogP contribution in [-0.4, -0.2) is 55.3 Å². The van der Waals surface area contributed by atoms with Crippen LogP contribution in [0.3, 0.4) is 0 Å². The molecule has 2 heterocycles. The number of ether oxygens (including phenoxy) is 5. The summed E-state index contributed by atoms with van der Waals surface area (Å²) in [4.78, 5) is 8.39. The lowest BCUT2D eigenvalue weighted by molar-refractivity contribution is -0.141. The van der Waals surface area contributed by atoms with Crippen LogP contribution in [0.5, 0.6) is 28.7 Å². The SMILES string of the molecule is COc1ccc(-c2cc(C(F)(F)F)nc(-n3nc(-c4ccc(OC)c(OC)c4)c(Cl)c3-c3ccc(OC)c(OC)c3)n2)cc1. The summed E-state index contributed by atoms with van der Waals surface area (Å²) in [7, 11) is 7.42. The number of halogens is 4. The van der Waals surface area contributed by atoms with Crippen molar-refractivity contribution in [3.8, 4) is 68.5 Å². The maximum absolute atomic E-state index is 14.2. The third-order valence-corrected chi connectivity index (χ3v) is 7.08. The number of alkyl halides is 3. The molecular formula is C31H26ClF3N4O5. The van der Waals surface area contributed by atoms with E-state index in [0.717, 1.165) is 6.07 Å². The number of rotatable bonds is 9. The van der Waals surface area contributed by atoms with Crippen LogP contribution in [0.1, 0.15) is 5.69 Å². The Balaban J connectivity index is 1.80. The molecule has 0 spiro atoms. The molecule has 0 N–H and O–H groups in total. The smallest absolute Gasteiger partial charge is 0.433 e. The monoisotopic (exact) mass is 626 g/mol. The first kappa shape index (κ1) is 30.5. The third-order valence-electron chi connectivity index (χ3n) is 6.72. The molecule has 0 aliphatic heterocycles. The zero-order valence-corrected chi connectivity index (χ0v) is 24.9. The normalized spacial score (nSPS) is 11.3. The average molecular weight is 627 g/mol. The van der Waals surface area contributed by atoms with Crippen molar-refractivity contribution in [3.63, 3.8) is 0 Å². The molecule has 0 radical (unpaired) electrons. The van der Waals surface area contributed by atoms with E-state index in [1.54, 1.807) is 60.7 Å². The minimum Gasteiger partial charge on any atom is -0.497 e. The Hall–Kier alpha value is -4.97. The molecule has 13 heteroatoms. The topological polar surface area (TPSA) is 89.8 Å². The quantitative estimate of drug-likeness (QED) is 0.167. The van der Waals surface area contributed by atoms with Gasteiger partial charge in [-0.2, -0.15) is 23.0 Å². The second kappa shape index (κ2) is 12.3. The van der Waals surface area contributed by atoms with Gasteiger partial charge in [0.2, 0.25) is 0 Å². The van der Waals surface area contributed by atoms with Gasteiger partial charge in [-0.3, -0.25) is 0 Å². The van der Waals surface area contributed by atoms with Gasteiger partial charge < -0.3 is 23.7 Å². The van der Waals surface area contributed by atoms with Crippen molar-refractivity contribution in [1.82, 2.24) is 19.7 Å². The molecule has 5 rings (SSSR count). The summed E-state index contributed by atoms with van der Waals surface area (Å²) in [5, 5.41) is 4.77. The van der Waals surface area contributed by atoms with Crippen LogP contribution in [0.25, 0.3) is 39.7 Å². The van der Waals surface area contributed by atoms with Crippen LogP contribution in [-0.2, 0) is 6.18 Å². The summed E-state index contributed by atoms with van der Waals surface area (Å²) in [5.74, 6) is 1.86. The zero-order chi connectivity index (χ0) is 31.6. The predicted molar refractivity (Wildman–Crippen MR) is 158 cm³/mol. The second-order valence-electron chi connectivity index (χ2n) is 9.23. The van der Waals surface area contributed by atoms with Crippen LogP contribution in [0.2, 0.25) is 5.02 Å². The Bertz CT molecular complexity index is 1810. The predicted octanol–water partition coefficient (Wildman–Crippen LogP) is 7.38. The van der Waals surface area contributed by atoms with E-state index in [1.165, 1.54) is 40.2 Å². The average Bonchev–Trinajstić information content (AvgIpc) is 3.40. The number of hydrogen-bond donors (Lipinski definition) is 0. The molecule has 3 aromatic carbocycles. The summed E-state index contributed by atoms with van der Waals surface area (Å²) < 4.78 is 70.5. The van der Waals surface area contributed by atoms with Gasteiger partial charge in [0.25, 0.3) is 5.95 Å². The molecule has 0 fully saturated rings. The molecule has 0 atom stereocenters. The van der Waals surface area contributed by atoms with Gasteiger partial charge >= 0.3 is 6.18 Å². The zero-order valence-electron chi connectivity index (χ0n) is 24.2. The van der Waals surface area contributed by atoms with E-state index in [0.29, 0.717) is 45.4 Å². The van der Waals surface area contributed by atoms with Crippen molar-refractivity contribution in [1.29, 1.82) is 0 Å². The van der Waals surface area contributed by atoms with E-state index < -0.39 is 11.9 Å². The second-order valence-corrected chi connectivity index (χ2v) is 9.61. The van der Waals surface area contributed by atoms with E-state index in [2.05, 4.69) is 15.1 Å². The molecule has 5 aromatic rings. The van der Waals surface area contributed by atoms with E-state index in [4.69, 9.17) is 35.3 Å². The summed E-state index contributed by atoms with van der Waals surface area (Å²) in [6.07, 6.45) is -4.79. The van der Waals surface area contributed by atoms with Gasteiger partial charge in [-0.1, -0.05) is 11.6 Å². The van der Waals surface area contributed by atoms with E-state index >= 15 is 0 Å². The first-order valence-corrected chi connectivity index (χ1v) is 13.3. The number of methoxy groups -OCH3 is 5. The van der Waals surface area contributed by atoms with Crippen molar-refractivity contribution >= 4 is 11.6 Å². The number of benzene rings is 3. The molecule has 0 saturated heterocycles. The first-order valence-electron chi connectivity index (χ1n) is 13.0. The van der Waals surface area contributed by atoms with Crippen LogP contribution in [0.4, 0.5) is 13.2 Å². The van der Waals surface area contributed by atoms with Crippen molar-refractivity contribution in [3.05, 3.63) is 77.4 Å². The van der Waals surface area contributed by atoms with Crippen molar-refractivity contribution < 1.29 is 36.9 Å². The molecule has 44 heavy (non-hydrogen) atoms. The Morgan fingerprint density at radius 1 is 0.636 bits per heavy atom. The number of nitrogens with zero attached hydrogens (tertiary/aromatic N) is 4. The highest BCUT2D eigenvalue weighted by atomic mass is 35.5. The van der Waals surface area contributed by atoms with Gasteiger partial charge in [-0.25, -0.2) is 9.97 Å². The maximum Gasteiger partial charge on any atom is 0.433 e. The summed E-state index contributed by atoms with van der Waals surface area (Å²) >= 11 is 6.99. The fourth-order valence-electron chi connectivity index (χ4n) is 4.53. The number of hydrogen-bond acceptors (Lipinski definition) is 8. The van der Waals surface area contributed by atoms with Crippen LogP contribution < -0.4 is 23.7 Å². The van der Waals surface area contributed by atoms with Crippen LogP contribution in [0.15, 0.2) is 66.7 Å².